The highest BCUT2D eigenvalue weighted by Crippen LogP contribution is 2.32. The van der Waals surface area contributed by atoms with Crippen molar-refractivity contribution >= 4 is 29.2 Å². The van der Waals surface area contributed by atoms with Crippen LogP contribution < -0.4 is 10.1 Å². The Morgan fingerprint density at radius 2 is 1.83 bits per heavy atom. The molecule has 0 bridgehead atoms. The lowest BCUT2D eigenvalue weighted by atomic mass is 9.96. The van der Waals surface area contributed by atoms with Crippen LogP contribution in [-0.4, -0.2) is 86.1 Å². The van der Waals surface area contributed by atoms with Gasteiger partial charge in [0.15, 0.2) is 0 Å². The fourth-order valence-corrected chi connectivity index (χ4v) is 5.01. The van der Waals surface area contributed by atoms with Crippen LogP contribution in [0.15, 0.2) is 52.4 Å². The summed E-state index contributed by atoms with van der Waals surface area (Å²) in [6.45, 7) is 4.77. The lowest BCUT2D eigenvalue weighted by molar-refractivity contribution is -0.139. The average molecular weight is 499 g/mol. The minimum Gasteiger partial charge on any atom is -0.497 e. The van der Waals surface area contributed by atoms with E-state index in [0.29, 0.717) is 55.3 Å². The van der Waals surface area contributed by atoms with Crippen molar-refractivity contribution in [1.82, 2.24) is 20.0 Å². The van der Waals surface area contributed by atoms with Crippen LogP contribution in [0.25, 0.3) is 0 Å². The van der Waals surface area contributed by atoms with Gasteiger partial charge < -0.3 is 19.7 Å². The van der Waals surface area contributed by atoms with E-state index < -0.39 is 12.0 Å². The number of piperazine rings is 1. The van der Waals surface area contributed by atoms with Gasteiger partial charge in [0.1, 0.15) is 5.75 Å². The number of carbonyl (C=O) groups is 3. The highest BCUT2D eigenvalue weighted by atomic mass is 32.1. The van der Waals surface area contributed by atoms with E-state index in [2.05, 4.69) is 10.2 Å². The minimum absolute atomic E-state index is 0.0228. The number of thiophene rings is 1. The first-order valence-electron chi connectivity index (χ1n) is 11.5. The summed E-state index contributed by atoms with van der Waals surface area (Å²) in [5, 5.41) is 6.77. The summed E-state index contributed by atoms with van der Waals surface area (Å²) in [6, 6.07) is 8.17. The summed E-state index contributed by atoms with van der Waals surface area (Å²) >= 11 is 1.51. The fraction of sp³-hybridized carbons (Fsp3) is 0.400. The number of urea groups is 1. The van der Waals surface area contributed by atoms with Gasteiger partial charge >= 0.3 is 12.0 Å². The van der Waals surface area contributed by atoms with Crippen molar-refractivity contribution < 1.29 is 23.9 Å². The number of rotatable bonds is 7. The molecular formula is C25H30N4O5S. The summed E-state index contributed by atoms with van der Waals surface area (Å²) in [5.41, 5.74) is 2.54. The number of nitrogens with zero attached hydrogens (tertiary/aromatic N) is 3. The van der Waals surface area contributed by atoms with Crippen LogP contribution in [-0.2, 0) is 9.53 Å². The molecule has 1 N–H and O–H groups in total. The molecule has 3 amide bonds. The normalized spacial score (nSPS) is 18.9. The largest absolute Gasteiger partial charge is 0.497 e. The van der Waals surface area contributed by atoms with E-state index in [-0.39, 0.29) is 18.5 Å². The van der Waals surface area contributed by atoms with Crippen molar-refractivity contribution in [2.75, 3.05) is 53.5 Å². The Labute approximate surface area is 208 Å². The van der Waals surface area contributed by atoms with E-state index in [1.807, 2.05) is 21.7 Å². The van der Waals surface area contributed by atoms with Gasteiger partial charge in [0.05, 0.1) is 25.3 Å². The second-order valence-corrected chi connectivity index (χ2v) is 9.16. The molecule has 0 radical (unpaired) electrons. The number of carbonyl (C=O) groups excluding carboxylic acids is 3. The smallest absolute Gasteiger partial charge is 0.338 e. The van der Waals surface area contributed by atoms with Crippen LogP contribution in [0, 0.1) is 0 Å². The number of likely N-dealkylation sites (N-methyl/N-ethyl adjacent to an activating group) is 1. The van der Waals surface area contributed by atoms with E-state index in [0.717, 1.165) is 5.56 Å². The molecule has 35 heavy (non-hydrogen) atoms. The molecule has 1 atom stereocenters. The Bertz CT molecular complexity index is 1090. The van der Waals surface area contributed by atoms with Crippen molar-refractivity contribution in [2.45, 2.75) is 13.0 Å². The van der Waals surface area contributed by atoms with Crippen molar-refractivity contribution in [2.24, 2.45) is 0 Å². The topological polar surface area (TPSA) is 91.4 Å². The molecule has 1 saturated heterocycles. The number of nitrogens with one attached hydrogen (secondary N) is 1. The second kappa shape index (κ2) is 10.9. The Kier molecular flexibility index (Phi) is 7.72. The predicted molar refractivity (Wildman–Crippen MR) is 132 cm³/mol. The first kappa shape index (κ1) is 24.7. The van der Waals surface area contributed by atoms with E-state index in [9.17, 15) is 14.4 Å². The molecule has 4 rings (SSSR count). The van der Waals surface area contributed by atoms with E-state index in [1.54, 1.807) is 45.3 Å². The molecule has 0 aliphatic carbocycles. The Hall–Kier alpha value is -3.37. The Balaban J connectivity index is 1.51. The van der Waals surface area contributed by atoms with Gasteiger partial charge in [0, 0.05) is 51.0 Å². The fourth-order valence-electron chi connectivity index (χ4n) is 4.32. The highest BCUT2D eigenvalue weighted by molar-refractivity contribution is 7.08. The predicted octanol–water partition coefficient (Wildman–Crippen LogP) is 2.73. The van der Waals surface area contributed by atoms with Crippen LogP contribution in [0.3, 0.4) is 0 Å². The molecule has 1 aromatic carbocycles. The van der Waals surface area contributed by atoms with Gasteiger partial charge in [-0.25, -0.2) is 9.59 Å². The highest BCUT2D eigenvalue weighted by Gasteiger charge is 2.38. The monoisotopic (exact) mass is 498 g/mol. The third-order valence-corrected chi connectivity index (χ3v) is 7.02. The molecule has 1 unspecified atom stereocenters. The van der Waals surface area contributed by atoms with Crippen LogP contribution in [0.2, 0.25) is 0 Å². The molecule has 2 aromatic rings. The van der Waals surface area contributed by atoms with Crippen LogP contribution in [0.5, 0.6) is 5.75 Å². The van der Waals surface area contributed by atoms with Gasteiger partial charge in [0.25, 0.3) is 5.91 Å². The number of ether oxygens (including phenoxy) is 2. The maximum atomic E-state index is 13.0. The Morgan fingerprint density at radius 1 is 1.11 bits per heavy atom. The molecule has 186 valence electrons. The molecule has 2 aliphatic rings. The van der Waals surface area contributed by atoms with Crippen molar-refractivity contribution in [3.63, 3.8) is 0 Å². The van der Waals surface area contributed by atoms with Gasteiger partial charge in [0.2, 0.25) is 0 Å². The summed E-state index contributed by atoms with van der Waals surface area (Å²) in [5.74, 6) is 0.253. The lowest BCUT2D eigenvalue weighted by Gasteiger charge is -2.39. The van der Waals surface area contributed by atoms with Crippen LogP contribution in [0.4, 0.5) is 4.79 Å². The number of hydrogen-bond acceptors (Lipinski definition) is 7. The first-order valence-corrected chi connectivity index (χ1v) is 12.5. The number of benzene rings is 1. The molecule has 1 aromatic heterocycles. The maximum absolute atomic E-state index is 13.0. The van der Waals surface area contributed by atoms with Crippen LogP contribution in [0.1, 0.15) is 28.9 Å². The summed E-state index contributed by atoms with van der Waals surface area (Å²) < 4.78 is 10.5. The number of hydrogen-bond donors (Lipinski definition) is 1. The molecule has 2 aliphatic heterocycles. The minimum atomic E-state index is -0.558. The van der Waals surface area contributed by atoms with Gasteiger partial charge in [-0.15, -0.1) is 0 Å². The molecule has 3 heterocycles. The van der Waals surface area contributed by atoms with Gasteiger partial charge in [-0.2, -0.15) is 11.3 Å². The Morgan fingerprint density at radius 3 is 2.43 bits per heavy atom. The van der Waals surface area contributed by atoms with Gasteiger partial charge in [-0.05, 0) is 53.6 Å². The third-order valence-electron chi connectivity index (χ3n) is 6.32. The van der Waals surface area contributed by atoms with Crippen LogP contribution >= 0.6 is 11.3 Å². The van der Waals surface area contributed by atoms with E-state index in [4.69, 9.17) is 9.47 Å². The maximum Gasteiger partial charge on any atom is 0.338 e. The zero-order chi connectivity index (χ0) is 24.9. The number of methoxy groups -OCH3 is 1. The van der Waals surface area contributed by atoms with Crippen molar-refractivity contribution in [1.29, 1.82) is 0 Å². The van der Waals surface area contributed by atoms with Crippen molar-refractivity contribution in [3.05, 3.63) is 63.5 Å². The average Bonchev–Trinajstić information content (AvgIpc) is 3.42. The molecular weight excluding hydrogens is 468 g/mol. The van der Waals surface area contributed by atoms with Crippen molar-refractivity contribution in [3.8, 4) is 5.75 Å². The zero-order valence-corrected chi connectivity index (χ0v) is 21.0. The summed E-state index contributed by atoms with van der Waals surface area (Å²) in [7, 11) is 3.26. The zero-order valence-electron chi connectivity index (χ0n) is 20.2. The molecule has 0 spiro atoms. The number of esters is 1. The summed E-state index contributed by atoms with van der Waals surface area (Å²) in [6.07, 6.45) is 0. The quantitative estimate of drug-likeness (QED) is 0.591. The molecule has 10 heteroatoms. The van der Waals surface area contributed by atoms with Gasteiger partial charge in [-0.3, -0.25) is 14.6 Å². The standard InChI is InChI=1S/C25H30N4O5S/c1-4-34-24(31)21-20(27(2)25(32)26-22(21)18-9-14-35-16-18)15-28-10-12-29(13-11-28)23(30)17-5-7-19(33-3)8-6-17/h5-9,14,16,22H,4,10-13,15H2,1-3H3,(H,26,32). The SMILES string of the molecule is CCOC(=O)C1=C(CN2CCN(C(=O)c3ccc(OC)cc3)CC2)N(C)C(=O)NC1c1ccsc1. The second-order valence-electron chi connectivity index (χ2n) is 8.38. The van der Waals surface area contributed by atoms with Gasteiger partial charge in [-0.1, -0.05) is 0 Å². The third kappa shape index (κ3) is 5.33. The first-order chi connectivity index (χ1) is 16.9. The lowest BCUT2D eigenvalue weighted by Crippen LogP contribution is -2.53. The molecule has 0 saturated carbocycles. The van der Waals surface area contributed by atoms with E-state index in [1.165, 1.54) is 16.2 Å². The van der Waals surface area contributed by atoms with E-state index >= 15 is 0 Å². The number of amides is 3. The summed E-state index contributed by atoms with van der Waals surface area (Å²) in [4.78, 5) is 44.2. The molecule has 9 nitrogen and oxygen atoms in total. The molecule has 1 fully saturated rings.